The van der Waals surface area contributed by atoms with Gasteiger partial charge in [-0.05, 0) is 6.42 Å². The van der Waals surface area contributed by atoms with Crippen LogP contribution >= 0.6 is 0 Å². The van der Waals surface area contributed by atoms with E-state index in [0.717, 1.165) is 0 Å². The zero-order valence-corrected chi connectivity index (χ0v) is 19.3. The fourth-order valence-corrected chi connectivity index (χ4v) is 3.65. The van der Waals surface area contributed by atoms with Crippen molar-refractivity contribution in [2.24, 2.45) is 15.8 Å². The Morgan fingerprint density at radius 3 is 1.48 bits per heavy atom. The first-order valence-corrected chi connectivity index (χ1v) is 12.1. The average molecular weight is 385 g/mol. The van der Waals surface area contributed by atoms with Gasteiger partial charge in [0.25, 0.3) is 0 Å². The highest BCUT2D eigenvalue weighted by atomic mass is 15.7. The molecule has 0 aromatic carbocycles. The van der Waals surface area contributed by atoms with Gasteiger partial charge in [-0.2, -0.15) is 5.43 Å². The van der Waals surface area contributed by atoms with E-state index in [2.05, 4.69) is 42.1 Å². The van der Waals surface area contributed by atoms with Crippen LogP contribution in [0.3, 0.4) is 0 Å². The molecule has 0 radical (unpaired) electrons. The summed E-state index contributed by atoms with van der Waals surface area (Å²) in [5, 5.41) is 8.01. The number of nitrogens with zero attached hydrogens (tertiary/aromatic N) is 2. The third-order valence-corrected chi connectivity index (χ3v) is 5.59. The third kappa shape index (κ3) is 15.0. The minimum absolute atomic E-state index is 0. The van der Waals surface area contributed by atoms with Gasteiger partial charge in [-0.15, -0.1) is 5.11 Å². The highest BCUT2D eigenvalue weighted by molar-refractivity contribution is 4.81. The molecular formula is C23H52N4. The van der Waals surface area contributed by atoms with E-state index in [4.69, 9.17) is 0 Å². The molecule has 0 bridgehead atoms. The maximum atomic E-state index is 4.20. The van der Waals surface area contributed by atoms with Crippen LogP contribution in [0.25, 0.3) is 0 Å². The van der Waals surface area contributed by atoms with E-state index < -0.39 is 0 Å². The first-order chi connectivity index (χ1) is 13.2. The topological polar surface area (TPSA) is 48.8 Å². The Kier molecular flexibility index (Phi) is 18.3. The zero-order valence-electron chi connectivity index (χ0n) is 19.3. The maximum Gasteiger partial charge on any atom is 0.146 e. The molecule has 164 valence electrons. The first kappa shape index (κ1) is 26.4. The van der Waals surface area contributed by atoms with Crippen molar-refractivity contribution in [2.45, 2.75) is 144 Å². The van der Waals surface area contributed by atoms with Gasteiger partial charge in [-0.3, -0.25) is 0 Å². The second-order valence-corrected chi connectivity index (χ2v) is 8.56. The third-order valence-electron chi connectivity index (χ3n) is 5.59. The van der Waals surface area contributed by atoms with Crippen LogP contribution in [0.15, 0.2) is 10.3 Å². The molecule has 0 aromatic heterocycles. The molecule has 0 saturated carbocycles. The van der Waals surface area contributed by atoms with E-state index >= 15 is 0 Å². The molecule has 1 unspecified atom stereocenters. The summed E-state index contributed by atoms with van der Waals surface area (Å²) in [6.45, 7) is 10.8. The van der Waals surface area contributed by atoms with Crippen molar-refractivity contribution in [1.29, 1.82) is 0 Å². The molecule has 0 aliphatic carbocycles. The van der Waals surface area contributed by atoms with Crippen molar-refractivity contribution in [2.75, 3.05) is 0 Å². The second kappa shape index (κ2) is 18.7. The lowest BCUT2D eigenvalue weighted by Gasteiger charge is -2.27. The van der Waals surface area contributed by atoms with Crippen LogP contribution in [0.4, 0.5) is 0 Å². The Morgan fingerprint density at radius 2 is 1.11 bits per heavy atom. The minimum Gasteiger partial charge on any atom is -0.222 e. The predicted octanol–water partition coefficient (Wildman–Crippen LogP) is 8.35. The molecular weight excluding hydrogens is 332 g/mol. The van der Waals surface area contributed by atoms with Crippen molar-refractivity contribution >= 4 is 0 Å². The predicted molar refractivity (Wildman–Crippen MR) is 122 cm³/mol. The number of rotatable bonds is 17. The Labute approximate surface area is 172 Å². The standard InChI is InChI=1S/C21H44N4.C2H6.H2/c1-4-5-6-7-8-9-10-11-12-13-14-15-16-17-18-19-21(2,3)20-22-24-25-23-20;1-2;/h20H,4-19H2,1-3H3,(H,22,25)(H,23,24);1-2H3;1H. The Morgan fingerprint density at radius 1 is 0.704 bits per heavy atom. The van der Waals surface area contributed by atoms with E-state index in [1.165, 1.54) is 103 Å². The van der Waals surface area contributed by atoms with Crippen molar-refractivity contribution < 1.29 is 1.43 Å². The number of hydrogen-bond acceptors (Lipinski definition) is 4. The number of hydrogen-bond donors (Lipinski definition) is 2. The second-order valence-electron chi connectivity index (χ2n) is 8.56. The van der Waals surface area contributed by atoms with Crippen LogP contribution in [0.1, 0.15) is 139 Å². The molecule has 2 N–H and O–H groups in total. The smallest absolute Gasteiger partial charge is 0.146 e. The SMILES string of the molecule is CC.CCCCCCCCCCCCCCCCCC(C)(C)C1N=NNN1.[HH]. The molecule has 4 nitrogen and oxygen atoms in total. The number of hydrazine groups is 1. The normalized spacial score (nSPS) is 16.1. The lowest BCUT2D eigenvalue weighted by molar-refractivity contribution is 0.226. The maximum absolute atomic E-state index is 4.20. The largest absolute Gasteiger partial charge is 0.222 e. The summed E-state index contributed by atoms with van der Waals surface area (Å²) in [7, 11) is 0. The van der Waals surface area contributed by atoms with Crippen LogP contribution in [0.2, 0.25) is 0 Å². The molecule has 0 aromatic rings. The molecule has 1 aliphatic rings. The molecule has 4 heteroatoms. The van der Waals surface area contributed by atoms with Crippen molar-refractivity contribution in [3.05, 3.63) is 0 Å². The Balaban J connectivity index is 0. The van der Waals surface area contributed by atoms with Crippen molar-refractivity contribution in [3.8, 4) is 0 Å². The Hall–Kier alpha value is -0.640. The van der Waals surface area contributed by atoms with E-state index in [1.807, 2.05) is 13.8 Å². The Bertz CT molecular complexity index is 335. The van der Waals surface area contributed by atoms with Gasteiger partial charge in [-0.25, -0.2) is 5.53 Å². The fourth-order valence-electron chi connectivity index (χ4n) is 3.65. The van der Waals surface area contributed by atoms with Gasteiger partial charge in [-0.1, -0.05) is 136 Å². The first-order valence-electron chi connectivity index (χ1n) is 12.1. The molecule has 27 heavy (non-hydrogen) atoms. The summed E-state index contributed by atoms with van der Waals surface area (Å²) >= 11 is 0. The molecule has 0 fully saturated rings. The van der Waals surface area contributed by atoms with Gasteiger partial charge in [0.05, 0.1) is 0 Å². The summed E-state index contributed by atoms with van der Waals surface area (Å²) in [5.41, 5.74) is 6.04. The summed E-state index contributed by atoms with van der Waals surface area (Å²) < 4.78 is 0. The van der Waals surface area contributed by atoms with Gasteiger partial charge in [0, 0.05) is 6.84 Å². The quantitative estimate of drug-likeness (QED) is 0.247. The number of nitrogens with one attached hydrogen (secondary N) is 2. The number of unbranched alkanes of at least 4 members (excludes halogenated alkanes) is 14. The summed E-state index contributed by atoms with van der Waals surface area (Å²) in [5.74, 6) is 0. The highest BCUT2D eigenvalue weighted by Gasteiger charge is 2.30. The van der Waals surface area contributed by atoms with E-state index in [-0.39, 0.29) is 13.0 Å². The zero-order chi connectivity index (χ0) is 20.2. The van der Waals surface area contributed by atoms with E-state index in [9.17, 15) is 0 Å². The van der Waals surface area contributed by atoms with Crippen molar-refractivity contribution in [1.82, 2.24) is 11.0 Å². The monoisotopic (exact) mass is 384 g/mol. The van der Waals surface area contributed by atoms with Crippen LogP contribution in [-0.4, -0.2) is 6.17 Å². The lowest BCUT2D eigenvalue weighted by Crippen LogP contribution is -2.41. The van der Waals surface area contributed by atoms with Crippen LogP contribution < -0.4 is 11.0 Å². The molecule has 0 amide bonds. The van der Waals surface area contributed by atoms with Gasteiger partial charge < -0.3 is 0 Å². The van der Waals surface area contributed by atoms with Gasteiger partial charge >= 0.3 is 0 Å². The molecule has 1 rings (SSSR count). The van der Waals surface area contributed by atoms with Gasteiger partial charge in [0.2, 0.25) is 0 Å². The van der Waals surface area contributed by atoms with Crippen LogP contribution in [0.5, 0.6) is 0 Å². The van der Waals surface area contributed by atoms with Gasteiger partial charge in [0.15, 0.2) is 0 Å². The molecule has 0 saturated heterocycles. The summed E-state index contributed by atoms with van der Waals surface area (Å²) in [6.07, 6.45) is 22.7. The average Bonchev–Trinajstić information content (AvgIpc) is 3.22. The van der Waals surface area contributed by atoms with Crippen LogP contribution in [-0.2, 0) is 0 Å². The van der Waals surface area contributed by atoms with E-state index in [0.29, 0.717) is 0 Å². The van der Waals surface area contributed by atoms with Crippen molar-refractivity contribution in [3.63, 3.8) is 0 Å². The summed E-state index contributed by atoms with van der Waals surface area (Å²) in [4.78, 5) is 0. The van der Waals surface area contributed by atoms with E-state index in [1.54, 1.807) is 0 Å². The lowest BCUT2D eigenvalue weighted by atomic mass is 9.84. The van der Waals surface area contributed by atoms with Crippen LogP contribution in [0, 0.1) is 5.41 Å². The molecule has 1 atom stereocenters. The highest BCUT2D eigenvalue weighted by Crippen LogP contribution is 2.30. The molecule has 1 heterocycles. The molecule has 0 spiro atoms. The summed E-state index contributed by atoms with van der Waals surface area (Å²) in [6, 6.07) is 0. The molecule has 1 aliphatic heterocycles. The minimum atomic E-state index is 0. The van der Waals surface area contributed by atoms with Gasteiger partial charge in [0.1, 0.15) is 6.17 Å². The fraction of sp³-hybridized carbons (Fsp3) is 1.00.